The molecule has 0 unspecified atom stereocenters. The van der Waals surface area contributed by atoms with Crippen LogP contribution in [0.2, 0.25) is 0 Å². The molecule has 0 spiro atoms. The molecule has 4 nitrogen and oxygen atoms in total. The summed E-state index contributed by atoms with van der Waals surface area (Å²) < 4.78 is 21.1. The molecule has 4 aromatic heterocycles. The SMILES string of the molecule is c1ccc(-n2c3ccc(-c4ccc5oc6ccccc6c5c4)cc3c3cc(-c4ccc5oc6ccccc6c5c4)ccc32)c(-c2ccc(-c3cccc4oc5ccccc5c34)cc2)c1. The van der Waals surface area contributed by atoms with Gasteiger partial charge in [0.05, 0.1) is 16.7 Å². The number of nitrogens with zero attached hydrogens (tertiary/aromatic N) is 1. The number of hydrogen-bond donors (Lipinski definition) is 0. The van der Waals surface area contributed by atoms with E-state index in [1.165, 1.54) is 10.8 Å². The van der Waals surface area contributed by atoms with Crippen molar-refractivity contribution in [1.82, 2.24) is 4.57 Å². The lowest BCUT2D eigenvalue weighted by Gasteiger charge is -2.15. The number of rotatable bonds is 5. The van der Waals surface area contributed by atoms with Gasteiger partial charge in [0, 0.05) is 48.7 Å². The van der Waals surface area contributed by atoms with Crippen LogP contribution in [-0.4, -0.2) is 4.57 Å². The minimum Gasteiger partial charge on any atom is -0.456 e. The molecular formula is C60H35NO3. The molecule has 4 heterocycles. The summed E-state index contributed by atoms with van der Waals surface area (Å²) >= 11 is 0. The van der Waals surface area contributed by atoms with Crippen molar-refractivity contribution in [2.75, 3.05) is 0 Å². The van der Waals surface area contributed by atoms with Gasteiger partial charge in [0.2, 0.25) is 0 Å². The quantitative estimate of drug-likeness (QED) is 0.174. The van der Waals surface area contributed by atoms with Gasteiger partial charge in [-0.15, -0.1) is 0 Å². The number of furan rings is 3. The van der Waals surface area contributed by atoms with Crippen LogP contribution < -0.4 is 0 Å². The highest BCUT2D eigenvalue weighted by atomic mass is 16.3. The Bertz CT molecular complexity index is 4020. The zero-order valence-corrected chi connectivity index (χ0v) is 34.4. The normalized spacial score (nSPS) is 12.1. The van der Waals surface area contributed by atoms with Crippen molar-refractivity contribution in [3.63, 3.8) is 0 Å². The Morgan fingerprint density at radius 3 is 1.23 bits per heavy atom. The second-order valence-corrected chi connectivity index (χ2v) is 16.8. The summed E-state index contributed by atoms with van der Waals surface area (Å²) in [6.07, 6.45) is 0. The summed E-state index contributed by atoms with van der Waals surface area (Å²) in [5.41, 5.74) is 18.0. The van der Waals surface area contributed by atoms with Gasteiger partial charge in [-0.2, -0.15) is 0 Å². The summed E-state index contributed by atoms with van der Waals surface area (Å²) in [4.78, 5) is 0. The number of benzene rings is 10. The van der Waals surface area contributed by atoms with E-state index in [0.717, 1.165) is 127 Å². The molecule has 14 rings (SSSR count). The van der Waals surface area contributed by atoms with Gasteiger partial charge in [-0.1, -0.05) is 133 Å². The van der Waals surface area contributed by atoms with Crippen molar-refractivity contribution in [2.45, 2.75) is 0 Å². The van der Waals surface area contributed by atoms with Gasteiger partial charge in [-0.05, 0) is 118 Å². The second-order valence-electron chi connectivity index (χ2n) is 16.8. The lowest BCUT2D eigenvalue weighted by Crippen LogP contribution is -1.97. The van der Waals surface area contributed by atoms with Gasteiger partial charge in [0.15, 0.2) is 0 Å². The predicted molar refractivity (Wildman–Crippen MR) is 264 cm³/mol. The minimum absolute atomic E-state index is 0.895. The molecule has 64 heavy (non-hydrogen) atoms. The van der Waals surface area contributed by atoms with Crippen molar-refractivity contribution in [1.29, 1.82) is 0 Å². The van der Waals surface area contributed by atoms with Crippen LogP contribution in [-0.2, 0) is 0 Å². The Morgan fingerprint density at radius 2 is 0.641 bits per heavy atom. The first kappa shape index (κ1) is 35.0. The zero-order chi connectivity index (χ0) is 41.9. The Balaban J connectivity index is 0.947. The highest BCUT2D eigenvalue weighted by Gasteiger charge is 2.19. The van der Waals surface area contributed by atoms with Gasteiger partial charge in [0.25, 0.3) is 0 Å². The Kier molecular flexibility index (Phi) is 7.36. The molecule has 0 saturated heterocycles. The second kappa shape index (κ2) is 13.4. The third-order valence-corrected chi connectivity index (χ3v) is 13.2. The third-order valence-electron chi connectivity index (χ3n) is 13.2. The molecule has 0 radical (unpaired) electrons. The van der Waals surface area contributed by atoms with E-state index in [4.69, 9.17) is 13.3 Å². The smallest absolute Gasteiger partial charge is 0.136 e. The Morgan fingerprint density at radius 1 is 0.250 bits per heavy atom. The molecule has 0 amide bonds. The summed E-state index contributed by atoms with van der Waals surface area (Å²) in [5, 5.41) is 9.14. The molecule has 0 aliphatic carbocycles. The van der Waals surface area contributed by atoms with Crippen molar-refractivity contribution in [2.24, 2.45) is 0 Å². The zero-order valence-electron chi connectivity index (χ0n) is 34.4. The molecule has 298 valence electrons. The van der Waals surface area contributed by atoms with E-state index in [0.29, 0.717) is 0 Å². The molecule has 0 N–H and O–H groups in total. The summed E-state index contributed by atoms with van der Waals surface area (Å²) in [5.74, 6) is 0. The molecule has 0 atom stereocenters. The number of aromatic nitrogens is 1. The molecule has 0 saturated carbocycles. The monoisotopic (exact) mass is 817 g/mol. The van der Waals surface area contributed by atoms with Crippen molar-refractivity contribution >= 4 is 87.6 Å². The first-order valence-electron chi connectivity index (χ1n) is 21.7. The fourth-order valence-corrected chi connectivity index (χ4v) is 10.2. The van der Waals surface area contributed by atoms with Gasteiger partial charge in [-0.25, -0.2) is 0 Å². The molecule has 0 aliphatic rings. The molecule has 0 fully saturated rings. The maximum absolute atomic E-state index is 6.25. The van der Waals surface area contributed by atoms with Crippen LogP contribution in [0.4, 0.5) is 0 Å². The molecule has 0 bridgehead atoms. The number of fused-ring (bicyclic) bond motifs is 12. The lowest BCUT2D eigenvalue weighted by atomic mass is 9.96. The average Bonchev–Trinajstić information content (AvgIpc) is 4.12. The Hall–Kier alpha value is -8.60. The molecule has 4 heteroatoms. The number of para-hydroxylation sites is 4. The van der Waals surface area contributed by atoms with Crippen LogP contribution in [0.3, 0.4) is 0 Å². The first-order chi connectivity index (χ1) is 31.7. The van der Waals surface area contributed by atoms with Crippen LogP contribution in [0.15, 0.2) is 226 Å². The van der Waals surface area contributed by atoms with Gasteiger partial charge >= 0.3 is 0 Å². The minimum atomic E-state index is 0.895. The first-order valence-corrected chi connectivity index (χ1v) is 21.7. The fourth-order valence-electron chi connectivity index (χ4n) is 10.2. The van der Waals surface area contributed by atoms with E-state index in [1.807, 2.05) is 36.4 Å². The van der Waals surface area contributed by atoms with E-state index in [-0.39, 0.29) is 0 Å². The third kappa shape index (κ3) is 5.23. The van der Waals surface area contributed by atoms with Crippen LogP contribution in [0.5, 0.6) is 0 Å². The van der Waals surface area contributed by atoms with Crippen molar-refractivity contribution < 1.29 is 13.3 Å². The van der Waals surface area contributed by atoms with Crippen LogP contribution in [0, 0.1) is 0 Å². The highest BCUT2D eigenvalue weighted by molar-refractivity contribution is 6.15. The number of hydrogen-bond acceptors (Lipinski definition) is 3. The van der Waals surface area contributed by atoms with Gasteiger partial charge < -0.3 is 17.8 Å². The summed E-state index contributed by atoms with van der Waals surface area (Å²) in [6.45, 7) is 0. The molecular weight excluding hydrogens is 783 g/mol. The largest absolute Gasteiger partial charge is 0.456 e. The van der Waals surface area contributed by atoms with Gasteiger partial charge in [0.1, 0.15) is 33.5 Å². The van der Waals surface area contributed by atoms with E-state index < -0.39 is 0 Å². The Labute approximate surface area is 366 Å². The van der Waals surface area contributed by atoms with E-state index in [1.54, 1.807) is 0 Å². The predicted octanol–water partition coefficient (Wildman–Crippen LogP) is 17.1. The summed E-state index contributed by atoms with van der Waals surface area (Å²) in [6, 6.07) is 75.9. The summed E-state index contributed by atoms with van der Waals surface area (Å²) in [7, 11) is 0. The lowest BCUT2D eigenvalue weighted by molar-refractivity contribution is 0.668. The van der Waals surface area contributed by atoms with E-state index in [9.17, 15) is 0 Å². The molecule has 14 aromatic rings. The van der Waals surface area contributed by atoms with Crippen LogP contribution >= 0.6 is 0 Å². The standard InChI is InChI=1S/C60H35NO3/c1-5-15-51(42(10-1)36-20-22-37(23-21-36)43-14-9-19-59-60(43)46-13-4-8-18-56(46)64-59)61-52-28-24-38(40-26-30-57-49(34-40)44-11-2-6-16-54(44)62-57)32-47(52)48-33-39(25-29-53(48)61)41-27-31-58-50(35-41)45-12-3-7-17-55(45)63-58/h1-35H. The van der Waals surface area contributed by atoms with Gasteiger partial charge in [-0.3, -0.25) is 0 Å². The van der Waals surface area contributed by atoms with Crippen LogP contribution in [0.1, 0.15) is 0 Å². The van der Waals surface area contributed by atoms with Crippen molar-refractivity contribution in [3.05, 3.63) is 212 Å². The van der Waals surface area contributed by atoms with Crippen molar-refractivity contribution in [3.8, 4) is 50.2 Å². The van der Waals surface area contributed by atoms with Crippen LogP contribution in [0.25, 0.3) is 138 Å². The van der Waals surface area contributed by atoms with E-state index in [2.05, 4.69) is 180 Å². The topological polar surface area (TPSA) is 44.4 Å². The molecule has 10 aromatic carbocycles. The highest BCUT2D eigenvalue weighted by Crippen LogP contribution is 2.43. The average molecular weight is 818 g/mol. The maximum atomic E-state index is 6.25. The maximum Gasteiger partial charge on any atom is 0.136 e. The fraction of sp³-hybridized carbons (Fsp3) is 0. The van der Waals surface area contributed by atoms with E-state index >= 15 is 0 Å². The molecule has 0 aliphatic heterocycles.